The van der Waals surface area contributed by atoms with Gasteiger partial charge in [-0.25, -0.2) is 9.18 Å². The van der Waals surface area contributed by atoms with E-state index >= 15 is 0 Å². The maximum Gasteiger partial charge on any atom is 0.433 e. The minimum absolute atomic E-state index is 0.347. The minimum Gasteiger partial charge on any atom is -0.451 e. The molecule has 9 heteroatoms. The van der Waals surface area contributed by atoms with Gasteiger partial charge in [0.25, 0.3) is 0 Å². The van der Waals surface area contributed by atoms with Crippen LogP contribution in [0, 0.1) is 29.8 Å². The van der Waals surface area contributed by atoms with E-state index in [9.17, 15) is 24.1 Å². The molecule has 2 heterocycles. The number of hydrogen-bond acceptors (Lipinski definition) is 6. The number of furan rings is 1. The van der Waals surface area contributed by atoms with Gasteiger partial charge in [0.15, 0.2) is 6.61 Å². The molecular weight excluding hydrogens is 371 g/mol. The van der Waals surface area contributed by atoms with Crippen molar-refractivity contribution in [3.05, 3.63) is 81.1 Å². The number of nitrogens with zero attached hydrogens (tertiary/aromatic N) is 2. The van der Waals surface area contributed by atoms with Crippen LogP contribution in [0.15, 0.2) is 46.9 Å². The van der Waals surface area contributed by atoms with Crippen LogP contribution in [0.25, 0.3) is 5.69 Å². The number of rotatable bonds is 6. The van der Waals surface area contributed by atoms with Crippen LogP contribution in [0.5, 0.6) is 0 Å². The van der Waals surface area contributed by atoms with Crippen molar-refractivity contribution in [2.45, 2.75) is 13.8 Å². The van der Waals surface area contributed by atoms with Gasteiger partial charge in [0.1, 0.15) is 10.7 Å². The van der Waals surface area contributed by atoms with E-state index in [1.807, 2.05) is 0 Å². The van der Waals surface area contributed by atoms with Crippen LogP contribution < -0.4 is 0 Å². The highest BCUT2D eigenvalue weighted by molar-refractivity contribution is 6.00. The lowest BCUT2D eigenvalue weighted by Gasteiger charge is -2.10. The third-order valence-corrected chi connectivity index (χ3v) is 4.12. The second kappa shape index (κ2) is 7.47. The second-order valence-corrected chi connectivity index (χ2v) is 5.99. The molecule has 3 aromatic rings. The third-order valence-electron chi connectivity index (χ3n) is 4.12. The smallest absolute Gasteiger partial charge is 0.433 e. The Kier molecular flexibility index (Phi) is 5.08. The predicted molar refractivity (Wildman–Crippen MR) is 95.2 cm³/mol. The lowest BCUT2D eigenvalue weighted by molar-refractivity contribution is -0.402. The molecule has 0 fully saturated rings. The highest BCUT2D eigenvalue weighted by Crippen LogP contribution is 2.22. The molecule has 0 atom stereocenters. The number of carbonyl (C=O) groups excluding carboxylic acids is 2. The number of aromatic nitrogens is 1. The Morgan fingerprint density at radius 1 is 1.18 bits per heavy atom. The summed E-state index contributed by atoms with van der Waals surface area (Å²) < 4.78 is 24.6. The van der Waals surface area contributed by atoms with Gasteiger partial charge in [0.2, 0.25) is 11.5 Å². The van der Waals surface area contributed by atoms with Crippen LogP contribution in [0.1, 0.15) is 32.3 Å². The van der Waals surface area contributed by atoms with E-state index < -0.39 is 29.2 Å². The van der Waals surface area contributed by atoms with E-state index in [4.69, 9.17) is 9.15 Å². The van der Waals surface area contributed by atoms with Crippen LogP contribution in [0.4, 0.5) is 10.3 Å². The standard InChI is InChI=1S/C19H15FN2O6/c1-11-9-15(12(2)21(11)14-5-3-13(20)4-6-14)16(23)10-27-19(24)17-7-8-18(28-17)22(25)26/h3-9H,10H2,1-2H3. The van der Waals surface area contributed by atoms with Gasteiger partial charge in [0, 0.05) is 22.6 Å². The predicted octanol–water partition coefficient (Wildman–Crippen LogP) is 3.77. The third kappa shape index (κ3) is 3.68. The van der Waals surface area contributed by atoms with Crippen LogP contribution >= 0.6 is 0 Å². The van der Waals surface area contributed by atoms with Crippen LogP contribution in [-0.4, -0.2) is 27.8 Å². The zero-order chi connectivity index (χ0) is 20.4. The van der Waals surface area contributed by atoms with Crippen LogP contribution in [-0.2, 0) is 4.74 Å². The summed E-state index contributed by atoms with van der Waals surface area (Å²) in [5.74, 6) is -2.75. The Balaban J connectivity index is 1.74. The van der Waals surface area contributed by atoms with Crippen molar-refractivity contribution < 1.29 is 28.1 Å². The number of Topliss-reactive ketones (excluding diaryl/α,β-unsaturated/α-hetero) is 1. The van der Waals surface area contributed by atoms with Gasteiger partial charge in [-0.1, -0.05) is 0 Å². The molecule has 1 aromatic carbocycles. The quantitative estimate of drug-likeness (QED) is 0.276. The summed E-state index contributed by atoms with van der Waals surface area (Å²) in [4.78, 5) is 34.2. The molecule has 0 aliphatic heterocycles. The molecule has 0 unspecified atom stereocenters. The summed E-state index contributed by atoms with van der Waals surface area (Å²) in [7, 11) is 0. The van der Waals surface area contributed by atoms with Gasteiger partial charge in [-0.15, -0.1) is 0 Å². The molecule has 8 nitrogen and oxygen atoms in total. The molecule has 0 saturated carbocycles. The SMILES string of the molecule is Cc1cc(C(=O)COC(=O)c2ccc([N+](=O)[O-])o2)c(C)n1-c1ccc(F)cc1. The van der Waals surface area contributed by atoms with Crippen molar-refractivity contribution in [2.75, 3.05) is 6.61 Å². The molecule has 0 amide bonds. The highest BCUT2D eigenvalue weighted by atomic mass is 19.1. The summed E-state index contributed by atoms with van der Waals surface area (Å²) in [6, 6.07) is 9.59. The normalized spacial score (nSPS) is 10.7. The molecule has 0 spiro atoms. The maximum atomic E-state index is 13.1. The zero-order valence-corrected chi connectivity index (χ0v) is 15.0. The number of esters is 1. The fraction of sp³-hybridized carbons (Fsp3) is 0.158. The van der Waals surface area contributed by atoms with Crippen LogP contribution in [0.2, 0.25) is 0 Å². The Hall–Kier alpha value is -3.75. The zero-order valence-electron chi connectivity index (χ0n) is 15.0. The van der Waals surface area contributed by atoms with Crippen molar-refractivity contribution in [3.63, 3.8) is 0 Å². The van der Waals surface area contributed by atoms with Crippen molar-refractivity contribution in [2.24, 2.45) is 0 Å². The molecule has 0 aliphatic rings. The van der Waals surface area contributed by atoms with Crippen LogP contribution in [0.3, 0.4) is 0 Å². The highest BCUT2D eigenvalue weighted by Gasteiger charge is 2.21. The molecule has 0 radical (unpaired) electrons. The second-order valence-electron chi connectivity index (χ2n) is 5.99. The monoisotopic (exact) mass is 386 g/mol. The molecule has 0 bridgehead atoms. The van der Waals surface area contributed by atoms with E-state index in [0.717, 1.165) is 17.8 Å². The van der Waals surface area contributed by atoms with E-state index in [-0.39, 0.29) is 11.6 Å². The average molecular weight is 386 g/mol. The molecule has 0 N–H and O–H groups in total. The maximum absolute atomic E-state index is 13.1. The molecular formula is C19H15FN2O6. The Bertz CT molecular complexity index is 1060. The molecule has 3 rings (SSSR count). The van der Waals surface area contributed by atoms with E-state index in [2.05, 4.69) is 0 Å². The molecule has 0 aliphatic carbocycles. The number of halogens is 1. The first-order chi connectivity index (χ1) is 13.3. The van der Waals surface area contributed by atoms with Gasteiger partial charge in [-0.05, 0) is 50.2 Å². The first-order valence-corrected chi connectivity index (χ1v) is 8.17. The van der Waals surface area contributed by atoms with E-state index in [1.165, 1.54) is 12.1 Å². The largest absolute Gasteiger partial charge is 0.451 e. The van der Waals surface area contributed by atoms with Crippen molar-refractivity contribution >= 4 is 17.6 Å². The summed E-state index contributed by atoms with van der Waals surface area (Å²) >= 11 is 0. The van der Waals surface area contributed by atoms with E-state index in [1.54, 1.807) is 36.6 Å². The number of hydrogen-bond donors (Lipinski definition) is 0. The van der Waals surface area contributed by atoms with Crippen molar-refractivity contribution in [3.8, 4) is 5.69 Å². The summed E-state index contributed by atoms with van der Waals surface area (Å²) in [5.41, 5.74) is 2.40. The number of ketones is 1. The van der Waals surface area contributed by atoms with Gasteiger partial charge >= 0.3 is 11.9 Å². The summed E-state index contributed by atoms with van der Waals surface area (Å²) in [5, 5.41) is 10.6. The first kappa shape index (κ1) is 19.0. The molecule has 2 aromatic heterocycles. The topological polar surface area (TPSA) is 105 Å². The number of benzene rings is 1. The first-order valence-electron chi connectivity index (χ1n) is 8.17. The van der Waals surface area contributed by atoms with Gasteiger partial charge in [-0.3, -0.25) is 14.9 Å². The molecule has 144 valence electrons. The Morgan fingerprint density at radius 2 is 1.86 bits per heavy atom. The van der Waals surface area contributed by atoms with Gasteiger partial charge < -0.3 is 13.7 Å². The molecule has 0 saturated heterocycles. The van der Waals surface area contributed by atoms with Gasteiger partial charge in [0.05, 0.1) is 6.07 Å². The van der Waals surface area contributed by atoms with Crippen molar-refractivity contribution in [1.82, 2.24) is 4.57 Å². The number of nitro groups is 1. The Labute approximate surface area is 158 Å². The number of aryl methyl sites for hydroxylation is 1. The number of ether oxygens (including phenoxy) is 1. The van der Waals surface area contributed by atoms with Crippen molar-refractivity contribution in [1.29, 1.82) is 0 Å². The minimum atomic E-state index is -0.978. The lowest BCUT2D eigenvalue weighted by atomic mass is 10.1. The lowest BCUT2D eigenvalue weighted by Crippen LogP contribution is -2.14. The van der Waals surface area contributed by atoms with E-state index in [0.29, 0.717) is 16.9 Å². The van der Waals surface area contributed by atoms with Gasteiger partial charge in [-0.2, -0.15) is 0 Å². The summed E-state index contributed by atoms with van der Waals surface area (Å²) in [6.45, 7) is 2.96. The Morgan fingerprint density at radius 3 is 2.46 bits per heavy atom. The number of carbonyl (C=O) groups is 2. The average Bonchev–Trinajstić information content (AvgIpc) is 3.26. The molecule has 28 heavy (non-hydrogen) atoms. The fourth-order valence-electron chi connectivity index (χ4n) is 2.85. The fourth-order valence-corrected chi connectivity index (χ4v) is 2.85. The summed E-state index contributed by atoms with van der Waals surface area (Å²) in [6.07, 6.45) is 0.